The maximum Gasteiger partial charge on any atom is 0.264 e. The minimum atomic E-state index is -4.39. The average molecular weight is 815 g/mol. The number of halogens is 1. The molecule has 0 aromatic heterocycles. The summed E-state index contributed by atoms with van der Waals surface area (Å²) in [5, 5.41) is 25.2. The number of sulfonamides is 1. The van der Waals surface area contributed by atoms with Crippen LogP contribution >= 0.6 is 23.4 Å². The molecule has 56 heavy (non-hydrogen) atoms. The first-order valence-electron chi connectivity index (χ1n) is 18.4. The van der Waals surface area contributed by atoms with Crippen molar-refractivity contribution in [2.24, 2.45) is 0 Å². The number of thioether (sulfide) groups is 1. The van der Waals surface area contributed by atoms with E-state index in [1.807, 2.05) is 86.9 Å². The lowest BCUT2D eigenvalue weighted by molar-refractivity contribution is -0.990. The number of piperazine rings is 1. The second-order valence-electron chi connectivity index (χ2n) is 14.0. The Morgan fingerprint density at radius 1 is 0.911 bits per heavy atom. The molecule has 0 radical (unpaired) electrons. The van der Waals surface area contributed by atoms with Gasteiger partial charge in [0.15, 0.2) is 5.69 Å². The number of amides is 1. The van der Waals surface area contributed by atoms with Gasteiger partial charge in [0.1, 0.15) is 0 Å². The Morgan fingerprint density at radius 2 is 1.59 bits per heavy atom. The summed E-state index contributed by atoms with van der Waals surface area (Å²) in [7, 11) is -0.440. The Balaban J connectivity index is 1.06. The van der Waals surface area contributed by atoms with Crippen LogP contribution in [0.3, 0.4) is 0 Å². The summed E-state index contributed by atoms with van der Waals surface area (Å²) in [4.78, 5) is 20.7. The van der Waals surface area contributed by atoms with Gasteiger partial charge in [-0.2, -0.15) is 5.23 Å². The predicted molar refractivity (Wildman–Crippen MR) is 225 cm³/mol. The summed E-state index contributed by atoms with van der Waals surface area (Å²) < 4.78 is 28.9. The zero-order valence-electron chi connectivity index (χ0n) is 31.4. The Kier molecular flexibility index (Phi) is 14.1. The number of rotatable bonds is 16. The van der Waals surface area contributed by atoms with Crippen LogP contribution in [-0.4, -0.2) is 87.9 Å². The zero-order chi connectivity index (χ0) is 39.7. The van der Waals surface area contributed by atoms with Gasteiger partial charge < -0.3 is 20.3 Å². The van der Waals surface area contributed by atoms with Crippen LogP contribution in [0.1, 0.15) is 22.3 Å². The van der Waals surface area contributed by atoms with Crippen molar-refractivity contribution in [3.8, 4) is 11.1 Å². The van der Waals surface area contributed by atoms with E-state index >= 15 is 0 Å². The summed E-state index contributed by atoms with van der Waals surface area (Å²) in [6.07, 6.45) is 0.734. The van der Waals surface area contributed by atoms with E-state index in [1.54, 1.807) is 23.9 Å². The number of benzene rings is 5. The van der Waals surface area contributed by atoms with Gasteiger partial charge in [0, 0.05) is 71.8 Å². The molecule has 1 aliphatic heterocycles. The molecule has 1 saturated heterocycles. The van der Waals surface area contributed by atoms with Gasteiger partial charge in [-0.1, -0.05) is 66.2 Å². The van der Waals surface area contributed by atoms with Crippen molar-refractivity contribution in [3.63, 3.8) is 0 Å². The molecule has 2 atom stereocenters. The molecule has 11 nitrogen and oxygen atoms in total. The van der Waals surface area contributed by atoms with Gasteiger partial charge in [-0.3, -0.25) is 9.69 Å². The molecule has 1 aliphatic rings. The van der Waals surface area contributed by atoms with Crippen LogP contribution in [0.2, 0.25) is 5.02 Å². The minimum absolute atomic E-state index is 0.0991. The first kappa shape index (κ1) is 41.2. The quantitative estimate of drug-likeness (QED) is 0.0658. The fourth-order valence-electron chi connectivity index (χ4n) is 6.58. The monoisotopic (exact) mass is 814 g/mol. The summed E-state index contributed by atoms with van der Waals surface area (Å²) in [6, 6.07) is 36.8. The molecule has 1 heterocycles. The number of quaternary nitrogens is 1. The fourth-order valence-corrected chi connectivity index (χ4v) is 8.70. The molecular formula is C42H47ClN6O5S2. The Morgan fingerprint density at radius 3 is 2.27 bits per heavy atom. The van der Waals surface area contributed by atoms with Gasteiger partial charge in [0.05, 0.1) is 10.6 Å². The second kappa shape index (κ2) is 19.1. The van der Waals surface area contributed by atoms with Crippen LogP contribution < -0.4 is 20.2 Å². The van der Waals surface area contributed by atoms with Crippen LogP contribution in [0.4, 0.5) is 17.1 Å². The molecule has 0 saturated carbocycles. The summed E-state index contributed by atoms with van der Waals surface area (Å²) in [5.41, 5.74) is 4.78. The molecule has 5 aromatic carbocycles. The number of carbonyl (C=O) groups excluding carboxylic acids is 1. The van der Waals surface area contributed by atoms with Crippen molar-refractivity contribution in [3.05, 3.63) is 143 Å². The number of nitrogens with one attached hydrogen (secondary N) is 3. The summed E-state index contributed by atoms with van der Waals surface area (Å²) in [6.45, 7) is 4.88. The van der Waals surface area contributed by atoms with Gasteiger partial charge >= 0.3 is 0 Å². The van der Waals surface area contributed by atoms with E-state index in [9.17, 15) is 23.6 Å². The Hall–Kier alpha value is -4.44. The van der Waals surface area contributed by atoms with Gasteiger partial charge in [-0.25, -0.2) is 18.3 Å². The van der Waals surface area contributed by atoms with Crippen LogP contribution in [0.25, 0.3) is 11.1 Å². The van der Waals surface area contributed by atoms with Crippen LogP contribution in [0.15, 0.2) is 131 Å². The van der Waals surface area contributed by atoms with Crippen molar-refractivity contribution < 1.29 is 23.6 Å². The van der Waals surface area contributed by atoms with E-state index in [4.69, 9.17) is 11.6 Å². The SMILES string of the molecule is CN(C)CC[C@H](CSc1ccccc1)Nc1ccc(S(=O)(=O)NC(=O)c2ccc(N3CCN(Cc4ccccc4-c4ccc(Cl)cc4)CC3)cc2)cc1[NH+]([O-])O. The molecule has 5 aromatic rings. The molecule has 1 unspecified atom stereocenters. The van der Waals surface area contributed by atoms with Crippen LogP contribution in [-0.2, 0) is 16.6 Å². The number of hydrogen-bond donors (Lipinski definition) is 4. The van der Waals surface area contributed by atoms with Crippen molar-refractivity contribution in [2.75, 3.05) is 62.8 Å². The third kappa shape index (κ3) is 11.1. The normalized spacial score (nSPS) is 14.7. The number of carbonyl (C=O) groups is 1. The third-order valence-electron chi connectivity index (χ3n) is 9.67. The minimum Gasteiger partial charge on any atom is -0.595 e. The molecule has 14 heteroatoms. The van der Waals surface area contributed by atoms with E-state index in [-0.39, 0.29) is 22.2 Å². The van der Waals surface area contributed by atoms with Crippen LogP contribution in [0, 0.1) is 5.21 Å². The van der Waals surface area contributed by atoms with E-state index in [0.29, 0.717) is 16.5 Å². The van der Waals surface area contributed by atoms with E-state index in [1.165, 1.54) is 23.3 Å². The van der Waals surface area contributed by atoms with E-state index < -0.39 is 21.2 Å². The highest BCUT2D eigenvalue weighted by atomic mass is 35.5. The smallest absolute Gasteiger partial charge is 0.264 e. The second-order valence-corrected chi connectivity index (χ2v) is 17.2. The maximum absolute atomic E-state index is 13.4. The number of nitrogens with zero attached hydrogens (tertiary/aromatic N) is 3. The van der Waals surface area contributed by atoms with E-state index in [0.717, 1.165) is 67.9 Å². The first-order chi connectivity index (χ1) is 26.9. The van der Waals surface area contributed by atoms with Crippen molar-refractivity contribution >= 4 is 56.4 Å². The Labute approximate surface area is 338 Å². The molecule has 1 fully saturated rings. The predicted octanol–water partition coefficient (Wildman–Crippen LogP) is 6.38. The first-order valence-corrected chi connectivity index (χ1v) is 21.2. The maximum atomic E-state index is 13.4. The number of anilines is 2. The fraction of sp³-hybridized carbons (Fsp3) is 0.262. The van der Waals surface area contributed by atoms with E-state index in [2.05, 4.69) is 42.9 Å². The Bertz CT molecular complexity index is 2170. The lowest BCUT2D eigenvalue weighted by Gasteiger charge is -2.36. The molecular weight excluding hydrogens is 768 g/mol. The summed E-state index contributed by atoms with van der Waals surface area (Å²) in [5.74, 6) is -0.135. The molecule has 0 bridgehead atoms. The topological polar surface area (TPSA) is 133 Å². The number of hydrogen-bond acceptors (Lipinski definition) is 10. The van der Waals surface area contributed by atoms with Gasteiger partial charge in [0.25, 0.3) is 15.9 Å². The van der Waals surface area contributed by atoms with Gasteiger partial charge in [-0.05, 0) is 104 Å². The highest BCUT2D eigenvalue weighted by Crippen LogP contribution is 2.29. The zero-order valence-corrected chi connectivity index (χ0v) is 33.8. The lowest BCUT2D eigenvalue weighted by atomic mass is 9.99. The van der Waals surface area contributed by atoms with Gasteiger partial charge in [-0.15, -0.1) is 11.8 Å². The largest absolute Gasteiger partial charge is 0.595 e. The highest BCUT2D eigenvalue weighted by molar-refractivity contribution is 7.99. The average Bonchev–Trinajstić information content (AvgIpc) is 3.20. The molecule has 0 spiro atoms. The van der Waals surface area contributed by atoms with Crippen molar-refractivity contribution in [1.82, 2.24) is 14.5 Å². The molecule has 6 rings (SSSR count). The molecule has 0 aliphatic carbocycles. The molecule has 4 N–H and O–H groups in total. The van der Waals surface area contributed by atoms with Crippen LogP contribution in [0.5, 0.6) is 0 Å². The lowest BCUT2D eigenvalue weighted by Crippen LogP contribution is -2.99. The molecule has 294 valence electrons. The standard InChI is InChI=1S/C42H47ClN6O5S2/c1-46(2)23-22-35(30-55-37-9-4-3-5-10-37)44-40-21-20-38(28-41(40)49(51)52)56(53,54)45-42(50)32-14-18-36(19-15-32)48-26-24-47(25-27-48)29-33-8-6-7-11-39(33)31-12-16-34(43)17-13-31/h3-21,28,35,44,49,51H,22-27,29-30H2,1-2H3,(H,45,50)/t35-/m1/s1. The highest BCUT2D eigenvalue weighted by Gasteiger charge is 2.24. The van der Waals surface area contributed by atoms with Crippen molar-refractivity contribution in [1.29, 1.82) is 0 Å². The molecule has 1 amide bonds. The van der Waals surface area contributed by atoms with Gasteiger partial charge in [0.2, 0.25) is 0 Å². The van der Waals surface area contributed by atoms with Crippen molar-refractivity contribution in [2.45, 2.75) is 28.8 Å². The third-order valence-corrected chi connectivity index (χ3v) is 12.4. The summed E-state index contributed by atoms with van der Waals surface area (Å²) >= 11 is 7.77.